The van der Waals surface area contributed by atoms with Crippen molar-refractivity contribution in [2.45, 2.75) is 57.0 Å². The Morgan fingerprint density at radius 3 is 2.80 bits per heavy atom. The number of fused-ring (bicyclic) bond motifs is 1. The third-order valence-electron chi connectivity index (χ3n) is 6.11. The number of furan rings is 1. The topological polar surface area (TPSA) is 83.4 Å². The van der Waals surface area contributed by atoms with Gasteiger partial charge in [-0.15, -0.1) is 0 Å². The van der Waals surface area contributed by atoms with Crippen LogP contribution in [0.25, 0.3) is 0 Å². The van der Waals surface area contributed by atoms with Crippen molar-refractivity contribution < 1.29 is 14.2 Å². The van der Waals surface area contributed by atoms with E-state index < -0.39 is 0 Å². The number of carbonyl (C=O) groups is 1. The lowest BCUT2D eigenvalue weighted by atomic mass is 9.88. The van der Waals surface area contributed by atoms with Crippen LogP contribution in [-0.2, 0) is 24.2 Å². The number of anilines is 1. The van der Waals surface area contributed by atoms with Gasteiger partial charge < -0.3 is 9.73 Å². The summed E-state index contributed by atoms with van der Waals surface area (Å²) in [5.41, 5.74) is 3.23. The minimum absolute atomic E-state index is 0.0697. The van der Waals surface area contributed by atoms with Crippen LogP contribution in [0.15, 0.2) is 27.8 Å². The maximum Gasteiger partial charge on any atom is 0.278 e. The highest BCUT2D eigenvalue weighted by molar-refractivity contribution is 7.99. The minimum Gasteiger partial charge on any atom is -0.467 e. The number of amides is 1. The molecule has 6 nitrogen and oxygen atoms in total. The molecule has 2 aliphatic rings. The van der Waals surface area contributed by atoms with Crippen molar-refractivity contribution in [1.82, 2.24) is 5.32 Å². The fraction of sp³-hybridized carbons (Fsp3) is 0.522. The first-order valence-corrected chi connectivity index (χ1v) is 11.8. The molecule has 0 saturated carbocycles. The van der Waals surface area contributed by atoms with Gasteiger partial charge in [-0.25, -0.2) is 4.98 Å². The van der Waals surface area contributed by atoms with Crippen molar-refractivity contribution in [2.75, 3.05) is 23.7 Å². The van der Waals surface area contributed by atoms with Gasteiger partial charge in [-0.3, -0.25) is 9.69 Å². The van der Waals surface area contributed by atoms with Crippen molar-refractivity contribution in [3.8, 4) is 6.07 Å². The van der Waals surface area contributed by atoms with Crippen molar-refractivity contribution in [3.63, 3.8) is 0 Å². The Morgan fingerprint density at radius 2 is 2.10 bits per heavy atom. The molecule has 158 valence electrons. The van der Waals surface area contributed by atoms with Crippen molar-refractivity contribution in [3.05, 3.63) is 40.8 Å². The van der Waals surface area contributed by atoms with Gasteiger partial charge in [0.2, 0.25) is 5.91 Å². The molecule has 30 heavy (non-hydrogen) atoms. The molecule has 1 aliphatic carbocycles. The molecule has 4 rings (SSSR count). The third kappa shape index (κ3) is 4.65. The van der Waals surface area contributed by atoms with E-state index in [2.05, 4.69) is 28.2 Å². The number of nitriles is 1. The maximum absolute atomic E-state index is 12.3. The Hall–Kier alpha value is -2.46. The molecule has 1 aliphatic heterocycles. The second-order valence-corrected chi connectivity index (χ2v) is 9.25. The Morgan fingerprint density at radius 1 is 1.33 bits per heavy atom. The molecule has 2 N–H and O–H groups in total. The van der Waals surface area contributed by atoms with Gasteiger partial charge in [-0.05, 0) is 62.1 Å². The summed E-state index contributed by atoms with van der Waals surface area (Å²) in [6.07, 6.45) is 8.25. The van der Waals surface area contributed by atoms with Gasteiger partial charge in [0.1, 0.15) is 17.4 Å². The van der Waals surface area contributed by atoms with Gasteiger partial charge in [0.05, 0.1) is 31.7 Å². The number of rotatable bonds is 6. The van der Waals surface area contributed by atoms with Crippen LogP contribution in [-0.4, -0.2) is 24.7 Å². The van der Waals surface area contributed by atoms with Gasteiger partial charge in [0.15, 0.2) is 5.03 Å². The summed E-state index contributed by atoms with van der Waals surface area (Å²) >= 11 is 1.42. The van der Waals surface area contributed by atoms with Crippen LogP contribution in [0, 0.1) is 17.2 Å². The van der Waals surface area contributed by atoms with Gasteiger partial charge >= 0.3 is 0 Å². The van der Waals surface area contributed by atoms with E-state index >= 15 is 0 Å². The fourth-order valence-electron chi connectivity index (χ4n) is 4.34. The summed E-state index contributed by atoms with van der Waals surface area (Å²) in [4.78, 5) is 18.4. The average molecular weight is 426 g/mol. The number of piperidine rings is 1. The highest BCUT2D eigenvalue weighted by Crippen LogP contribution is 2.34. The Kier molecular flexibility index (Phi) is 6.63. The summed E-state index contributed by atoms with van der Waals surface area (Å²) in [7, 11) is 0. The van der Waals surface area contributed by atoms with Crippen LogP contribution in [0.1, 0.15) is 55.1 Å². The number of nitrogens with zero attached hydrogens (tertiary/aromatic N) is 2. The minimum atomic E-state index is -0.0697. The van der Waals surface area contributed by atoms with E-state index in [9.17, 15) is 10.1 Å². The monoisotopic (exact) mass is 425 g/mol. The van der Waals surface area contributed by atoms with Gasteiger partial charge in [0, 0.05) is 5.56 Å². The number of carbonyl (C=O) groups excluding carboxylic acids is 1. The van der Waals surface area contributed by atoms with Crippen LogP contribution in [0.3, 0.4) is 0 Å². The van der Waals surface area contributed by atoms with E-state index in [0.29, 0.717) is 6.54 Å². The summed E-state index contributed by atoms with van der Waals surface area (Å²) in [6.45, 7) is 4.79. The van der Waals surface area contributed by atoms with Crippen molar-refractivity contribution >= 4 is 23.5 Å². The molecule has 7 heteroatoms. The standard InChI is InChI=1S/C23H28N4O2S/c1-16-8-10-27(11-9-16)22-19-7-3-2-6-18(19)20(13-24)23(26-22)30-15-21(28)25-14-17-5-4-12-29-17/h4-5,12,16H,2-3,6-11,14-15H2,1H3,(H,25,28)/p+1. The fourth-order valence-corrected chi connectivity index (χ4v) is 5.20. The van der Waals surface area contributed by atoms with Crippen LogP contribution < -0.4 is 15.2 Å². The summed E-state index contributed by atoms with van der Waals surface area (Å²) < 4.78 is 5.26. The lowest BCUT2D eigenvalue weighted by molar-refractivity contribution is -0.414. The van der Waals surface area contributed by atoms with Crippen LogP contribution in [0.2, 0.25) is 0 Å². The molecule has 0 bridgehead atoms. The molecule has 2 aromatic heterocycles. The van der Waals surface area contributed by atoms with E-state index in [1.54, 1.807) is 12.3 Å². The normalized spacial score (nSPS) is 16.7. The van der Waals surface area contributed by atoms with Gasteiger partial charge in [-0.2, -0.15) is 5.26 Å². The van der Waals surface area contributed by atoms with Crippen LogP contribution in [0.5, 0.6) is 0 Å². The molecule has 3 heterocycles. The third-order valence-corrected chi connectivity index (χ3v) is 7.11. The number of aromatic nitrogens is 1. The van der Waals surface area contributed by atoms with Crippen LogP contribution >= 0.6 is 11.8 Å². The molecule has 1 fully saturated rings. The molecule has 1 saturated heterocycles. The van der Waals surface area contributed by atoms with Crippen molar-refractivity contribution in [1.29, 1.82) is 5.26 Å². The Labute approximate surface area is 182 Å². The first-order chi connectivity index (χ1) is 14.7. The number of nitrogens with one attached hydrogen (secondary N) is 2. The van der Waals surface area contributed by atoms with E-state index in [4.69, 9.17) is 4.42 Å². The first kappa shape index (κ1) is 20.8. The van der Waals surface area contributed by atoms with E-state index in [0.717, 1.165) is 54.6 Å². The zero-order valence-corrected chi connectivity index (χ0v) is 18.3. The zero-order valence-electron chi connectivity index (χ0n) is 17.5. The Bertz CT molecular complexity index is 928. The molecule has 0 spiro atoms. The molecule has 0 radical (unpaired) electrons. The number of hydrogen-bond acceptors (Lipinski definition) is 5. The van der Waals surface area contributed by atoms with E-state index in [1.165, 1.54) is 48.0 Å². The summed E-state index contributed by atoms with van der Waals surface area (Å²) in [5.74, 6) is 2.87. The highest BCUT2D eigenvalue weighted by atomic mass is 32.2. The molecule has 0 aromatic carbocycles. The SMILES string of the molecule is CC1CCN(c2[nH+]c(SCC(=O)NCc3ccco3)c(C#N)c3c2CCCC3)CC1. The predicted molar refractivity (Wildman–Crippen MR) is 116 cm³/mol. The molecular weight excluding hydrogens is 396 g/mol. The molecule has 0 unspecified atom stereocenters. The van der Waals surface area contributed by atoms with Gasteiger partial charge in [-0.1, -0.05) is 18.7 Å². The lowest BCUT2D eigenvalue weighted by Crippen LogP contribution is -2.39. The van der Waals surface area contributed by atoms with Crippen LogP contribution in [0.4, 0.5) is 5.82 Å². The van der Waals surface area contributed by atoms with Crippen molar-refractivity contribution in [2.24, 2.45) is 5.92 Å². The van der Waals surface area contributed by atoms with E-state index in [-0.39, 0.29) is 11.7 Å². The summed E-state index contributed by atoms with van der Waals surface area (Å²) in [5, 5.41) is 13.6. The predicted octanol–water partition coefficient (Wildman–Crippen LogP) is 3.49. The average Bonchev–Trinajstić information content (AvgIpc) is 3.30. The largest absolute Gasteiger partial charge is 0.467 e. The molecular formula is C23H29N4O2S+. The lowest BCUT2D eigenvalue weighted by Gasteiger charge is -2.29. The number of thioether (sulfide) groups is 1. The number of aromatic amines is 1. The molecule has 0 atom stereocenters. The smallest absolute Gasteiger partial charge is 0.278 e. The number of H-pyrrole nitrogens is 1. The molecule has 1 amide bonds. The second-order valence-electron chi connectivity index (χ2n) is 8.27. The Balaban J connectivity index is 1.53. The number of hydrogen-bond donors (Lipinski definition) is 1. The van der Waals surface area contributed by atoms with Gasteiger partial charge in [0.25, 0.3) is 5.82 Å². The molecule has 2 aromatic rings. The number of pyridine rings is 1. The highest BCUT2D eigenvalue weighted by Gasteiger charge is 2.31. The maximum atomic E-state index is 12.3. The zero-order chi connectivity index (χ0) is 20.9. The summed E-state index contributed by atoms with van der Waals surface area (Å²) in [6, 6.07) is 6.07. The first-order valence-electron chi connectivity index (χ1n) is 10.8. The second kappa shape index (κ2) is 9.57. The quantitative estimate of drug-likeness (QED) is 0.717. The van der Waals surface area contributed by atoms with E-state index in [1.807, 2.05) is 6.07 Å².